The van der Waals surface area contributed by atoms with E-state index in [1.54, 1.807) is 18.7 Å². The molecule has 0 aliphatic carbocycles. The van der Waals surface area contributed by atoms with Gasteiger partial charge in [-0.25, -0.2) is 4.79 Å². The first-order valence-corrected chi connectivity index (χ1v) is 26.1. The van der Waals surface area contributed by atoms with Crippen molar-refractivity contribution in [2.24, 2.45) is 0 Å². The Hall–Kier alpha value is -3.88. The van der Waals surface area contributed by atoms with Crippen LogP contribution < -0.4 is 0 Å². The van der Waals surface area contributed by atoms with E-state index in [1.807, 2.05) is 74.5 Å². The predicted octanol–water partition coefficient (Wildman–Crippen LogP) is 5.57. The first-order valence-electron chi connectivity index (χ1n) is 25.4. The molecule has 12 atom stereocenters. The van der Waals surface area contributed by atoms with Gasteiger partial charge in [0.2, 0.25) is 0 Å². The first-order chi connectivity index (χ1) is 35.1. The molecule has 19 nitrogen and oxygen atoms in total. The molecule has 0 spiro atoms. The van der Waals surface area contributed by atoms with Gasteiger partial charge in [-0.1, -0.05) is 67.6 Å². The van der Waals surface area contributed by atoms with Crippen molar-refractivity contribution in [2.45, 2.75) is 179 Å². The summed E-state index contributed by atoms with van der Waals surface area (Å²) < 4.78 is 80.4. The third kappa shape index (κ3) is 18.4. The van der Waals surface area contributed by atoms with Crippen molar-refractivity contribution >= 4 is 46.6 Å². The Morgan fingerprint density at radius 3 is 2.18 bits per heavy atom. The molecule has 3 saturated heterocycles. The van der Waals surface area contributed by atoms with Crippen LogP contribution in [-0.4, -0.2) is 167 Å². The second-order valence-corrected chi connectivity index (χ2v) is 19.0. The molecule has 22 heteroatoms. The van der Waals surface area contributed by atoms with E-state index in [9.17, 15) is 24.3 Å². The number of amides is 1. The molecule has 3 fully saturated rings. The van der Waals surface area contributed by atoms with Crippen LogP contribution in [0, 0.1) is 0 Å². The summed E-state index contributed by atoms with van der Waals surface area (Å²) in [5.74, 6) is -5.26. The van der Waals surface area contributed by atoms with Crippen LogP contribution in [0.5, 0.6) is 0 Å². The average molecular weight is 1040 g/mol. The molecule has 5 rings (SSSR count). The third-order valence-electron chi connectivity index (χ3n) is 12.4. The Balaban J connectivity index is 1.41. The Morgan fingerprint density at radius 1 is 0.849 bits per heavy atom. The van der Waals surface area contributed by atoms with Gasteiger partial charge in [-0.05, 0) is 30.4 Å². The SMILES string of the molecule is CCCCO[C@@H](COC(C)=O)C1O[C@H](O[C@H]2C([C@H]3COC(C)(C)O3)O[C@@](OCCCCCN(Cc3ccccc3)C(=O)OCc3ccccc3)(C(=O)OC)C[C@H]2OCCCC)C(OC(C)=O)[C@@H](O)[C@@H]1OB=BP. The maximum atomic E-state index is 14.2. The fourth-order valence-electron chi connectivity index (χ4n) is 8.74. The fraction of sp³-hybridized carbons (Fsp3) is 0.686. The average Bonchev–Trinajstić information content (AvgIpc) is 3.75. The summed E-state index contributed by atoms with van der Waals surface area (Å²) >= 11 is 0. The zero-order chi connectivity index (χ0) is 52.8. The Bertz CT molecular complexity index is 2010. The molecule has 1 N–H and O–H groups in total. The summed E-state index contributed by atoms with van der Waals surface area (Å²) in [5.41, 5.74) is 1.84. The molecular formula is C51H76B2NO18P. The second-order valence-electron chi connectivity index (χ2n) is 18.6. The minimum absolute atomic E-state index is 0.000871. The molecule has 0 radical (unpaired) electrons. The molecule has 0 saturated carbocycles. The molecule has 0 bridgehead atoms. The molecule has 0 aromatic heterocycles. The number of benzene rings is 2. The van der Waals surface area contributed by atoms with Crippen LogP contribution in [0.4, 0.5) is 4.79 Å². The summed E-state index contributed by atoms with van der Waals surface area (Å²) in [6.07, 6.45) is -8.35. The Morgan fingerprint density at radius 2 is 1.55 bits per heavy atom. The third-order valence-corrected chi connectivity index (χ3v) is 12.6. The van der Waals surface area contributed by atoms with Crippen LogP contribution in [0.25, 0.3) is 0 Å². The fourth-order valence-corrected chi connectivity index (χ4v) is 8.83. The number of esters is 3. The van der Waals surface area contributed by atoms with Gasteiger partial charge in [0.15, 0.2) is 0 Å². The summed E-state index contributed by atoms with van der Waals surface area (Å²) in [4.78, 5) is 54.2. The van der Waals surface area contributed by atoms with Crippen molar-refractivity contribution in [2.75, 3.05) is 46.7 Å². The molecule has 3 aliphatic rings. The summed E-state index contributed by atoms with van der Waals surface area (Å²) in [6.45, 7) is 12.6. The monoisotopic (exact) mass is 1040 g/mol. The van der Waals surface area contributed by atoms with E-state index in [0.29, 0.717) is 45.2 Å². The maximum absolute atomic E-state index is 14.2. The van der Waals surface area contributed by atoms with Crippen molar-refractivity contribution in [1.29, 1.82) is 0 Å². The number of ether oxygens (including phenoxy) is 12. The number of methoxy groups -OCH3 is 1. The van der Waals surface area contributed by atoms with Crippen LogP contribution in [0.3, 0.4) is 0 Å². The van der Waals surface area contributed by atoms with E-state index in [0.717, 1.165) is 24.0 Å². The number of aliphatic hydroxyl groups excluding tert-OH is 1. The van der Waals surface area contributed by atoms with Gasteiger partial charge in [0.1, 0.15) is 6.61 Å². The van der Waals surface area contributed by atoms with E-state index < -0.39 is 96.8 Å². The summed E-state index contributed by atoms with van der Waals surface area (Å²) in [6, 6.07) is 19.2. The summed E-state index contributed by atoms with van der Waals surface area (Å²) in [7, 11) is 4.94. The molecular weight excluding hydrogens is 967 g/mol. The van der Waals surface area contributed by atoms with Gasteiger partial charge in [0, 0.05) is 13.1 Å². The molecule has 3 aliphatic heterocycles. The number of nitrogens with zero attached hydrogens (tertiary/aromatic N) is 1. The van der Waals surface area contributed by atoms with E-state index in [-0.39, 0.29) is 46.1 Å². The van der Waals surface area contributed by atoms with Crippen molar-refractivity contribution in [1.82, 2.24) is 4.90 Å². The van der Waals surface area contributed by atoms with Crippen LogP contribution >= 0.6 is 9.12 Å². The van der Waals surface area contributed by atoms with Gasteiger partial charge in [-0.3, -0.25) is 0 Å². The Labute approximate surface area is 433 Å². The van der Waals surface area contributed by atoms with E-state index >= 15 is 0 Å². The predicted molar refractivity (Wildman–Crippen MR) is 270 cm³/mol. The normalized spacial score (nSPS) is 27.0. The number of aliphatic hydroxyl groups is 1. The zero-order valence-electron chi connectivity index (χ0n) is 43.4. The van der Waals surface area contributed by atoms with Gasteiger partial charge in [-0.2, -0.15) is 0 Å². The van der Waals surface area contributed by atoms with E-state index in [2.05, 4.69) is 9.12 Å². The first kappa shape index (κ1) is 60.0. The van der Waals surface area contributed by atoms with Gasteiger partial charge in [0.25, 0.3) is 0 Å². The molecule has 4 unspecified atom stereocenters. The number of unbranched alkanes of at least 4 members (excludes halogenated alkanes) is 4. The summed E-state index contributed by atoms with van der Waals surface area (Å²) in [5, 5.41) is 12.1. The van der Waals surface area contributed by atoms with Gasteiger partial charge < -0.3 is 9.64 Å². The standard InChI is InChI=1S/C51H76B2NO18P/c1-8-10-26-61-38-29-51(48(58)60-7,65-28-20-14-19-25-54(30-36-21-15-12-16-22-36)49(59)64-31-37-23-17-13-18-24-37)71-44(40-33-66-50(5,6)70-40)42(38)68-47-46(67-35(4)56)41(57)45(72-52-53-73)43(69-47)39(32-63-34(3)55)62-27-11-9-2/h12-13,15-18,21-24,38-47,57H,8-11,14,19-20,25-33,73H2,1-7H3/t38-,39+,40-,41+,42-,43?,44?,45+,46?,47+,51-/m1/s1. The van der Waals surface area contributed by atoms with E-state index in [4.69, 9.17) is 61.5 Å². The Kier molecular flexibility index (Phi) is 25.2. The quantitative estimate of drug-likeness (QED) is 0.0347. The van der Waals surface area contributed by atoms with Gasteiger partial charge in [-0.15, -0.1) is 0 Å². The van der Waals surface area contributed by atoms with Crippen molar-refractivity contribution in [3.05, 3.63) is 71.8 Å². The van der Waals surface area contributed by atoms with Gasteiger partial charge in [0.05, 0.1) is 7.11 Å². The van der Waals surface area contributed by atoms with Crippen molar-refractivity contribution in [3.63, 3.8) is 0 Å². The number of hydrogen-bond acceptors (Lipinski definition) is 18. The van der Waals surface area contributed by atoms with E-state index in [1.165, 1.54) is 34.5 Å². The van der Waals surface area contributed by atoms with Crippen molar-refractivity contribution in [3.8, 4) is 0 Å². The number of carbonyl (C=O) groups excluding carboxylic acids is 4. The van der Waals surface area contributed by atoms with Gasteiger partial charge >= 0.3 is 295 Å². The van der Waals surface area contributed by atoms with Crippen LogP contribution in [0.1, 0.15) is 104 Å². The molecule has 3 heterocycles. The number of hydrogen-bond donors (Lipinski definition) is 1. The zero-order valence-corrected chi connectivity index (χ0v) is 44.6. The molecule has 73 heavy (non-hydrogen) atoms. The molecule has 1 amide bonds. The molecule has 2 aromatic rings. The second kappa shape index (κ2) is 30.6. The molecule has 2 aromatic carbocycles. The van der Waals surface area contributed by atoms with Crippen LogP contribution in [0.15, 0.2) is 60.7 Å². The van der Waals surface area contributed by atoms with Crippen LogP contribution in [0.2, 0.25) is 0 Å². The van der Waals surface area contributed by atoms with Crippen LogP contribution in [-0.2, 0) is 89.0 Å². The minimum atomic E-state index is -2.04. The molecule has 404 valence electrons. The van der Waals surface area contributed by atoms with Crippen molar-refractivity contribution < 1.29 is 85.8 Å². The number of carbonyl (C=O) groups is 4. The topological polar surface area (TPSA) is 212 Å². The number of rotatable bonds is 29.